The Morgan fingerprint density at radius 2 is 1.65 bits per heavy atom. The maximum atomic E-state index is 11.0. The molecule has 31 heavy (non-hydrogen) atoms. The Morgan fingerprint density at radius 3 is 2.23 bits per heavy atom. The van der Waals surface area contributed by atoms with Gasteiger partial charge < -0.3 is 61.9 Å². The van der Waals surface area contributed by atoms with Gasteiger partial charge in [-0.1, -0.05) is 0 Å². The Labute approximate surface area is 181 Å². The fraction of sp³-hybridized carbons (Fsp3) is 1.00. The lowest BCUT2D eigenvalue weighted by molar-refractivity contribution is -0.312. The molecule has 0 aromatic carbocycles. The van der Waals surface area contributed by atoms with E-state index in [0.717, 1.165) is 0 Å². The Kier molecular flexibility index (Phi) is 8.27. The molecule has 0 spiro atoms. The van der Waals surface area contributed by atoms with Crippen LogP contribution in [-0.2, 0) is 18.9 Å². The molecule has 0 amide bonds. The summed E-state index contributed by atoms with van der Waals surface area (Å²) in [6.45, 7) is 1.75. The topological polar surface area (TPSA) is 208 Å². The first-order chi connectivity index (χ1) is 14.6. The van der Waals surface area contributed by atoms with Gasteiger partial charge in [0.05, 0.1) is 18.8 Å². The molecule has 0 radical (unpaired) electrons. The van der Waals surface area contributed by atoms with Gasteiger partial charge >= 0.3 is 0 Å². The van der Waals surface area contributed by atoms with Gasteiger partial charge in [-0.05, 0) is 33.2 Å². The molecule has 2 aliphatic heterocycles. The second-order valence-electron chi connectivity index (χ2n) is 9.06. The third-order valence-electron chi connectivity index (χ3n) is 6.47. The molecule has 12 heteroatoms. The van der Waals surface area contributed by atoms with E-state index in [4.69, 9.17) is 36.1 Å². The monoisotopic (exact) mass is 450 g/mol. The number of nitrogens with one attached hydrogen (secondary N) is 1. The first-order valence-corrected chi connectivity index (χ1v) is 10.8. The predicted octanol–water partition coefficient (Wildman–Crippen LogP) is -3.94. The Morgan fingerprint density at radius 1 is 1.03 bits per heavy atom. The van der Waals surface area contributed by atoms with E-state index >= 15 is 0 Å². The van der Waals surface area contributed by atoms with Gasteiger partial charge in [-0.3, -0.25) is 0 Å². The second-order valence-corrected chi connectivity index (χ2v) is 9.06. The molecule has 0 aromatic heterocycles. The van der Waals surface area contributed by atoms with Crippen molar-refractivity contribution >= 4 is 0 Å². The average Bonchev–Trinajstić information content (AvgIpc) is 2.71. The molecular weight excluding hydrogens is 412 g/mol. The lowest BCUT2D eigenvalue weighted by Crippen LogP contribution is -2.68. The molecule has 0 aromatic rings. The smallest absolute Gasteiger partial charge is 0.185 e. The van der Waals surface area contributed by atoms with Crippen molar-refractivity contribution in [3.8, 4) is 0 Å². The fourth-order valence-corrected chi connectivity index (χ4v) is 4.65. The van der Waals surface area contributed by atoms with Crippen LogP contribution in [0.15, 0.2) is 0 Å². The van der Waals surface area contributed by atoms with Crippen LogP contribution in [-0.4, -0.2) is 114 Å². The molecule has 12 nitrogen and oxygen atoms in total. The predicted molar refractivity (Wildman–Crippen MR) is 108 cm³/mol. The van der Waals surface area contributed by atoms with Crippen molar-refractivity contribution < 1.29 is 39.4 Å². The summed E-state index contributed by atoms with van der Waals surface area (Å²) in [5.74, 6) is 0. The minimum atomic E-state index is -1.30. The molecule has 0 bridgehead atoms. The number of rotatable bonds is 6. The number of ether oxygens (including phenoxy) is 4. The Bertz CT molecular complexity index is 587. The standard InChI is InChI=1S/C19H38N4O8/c1-19(27)7-28-18(13(26)16(19)23-2)31-15-10(22)5-9(21)14(12(15)25)30-17-11(24)4-3-8(6-20)29-17/h8-18,23-27H,3-7,20-22H2,1-2H3. The van der Waals surface area contributed by atoms with Crippen LogP contribution in [0.5, 0.6) is 0 Å². The molecule has 12 unspecified atom stereocenters. The second kappa shape index (κ2) is 10.2. The first-order valence-electron chi connectivity index (χ1n) is 10.8. The van der Waals surface area contributed by atoms with Gasteiger partial charge in [0.25, 0.3) is 0 Å². The van der Waals surface area contributed by atoms with Gasteiger partial charge in [0.15, 0.2) is 12.6 Å². The van der Waals surface area contributed by atoms with Crippen LogP contribution in [0.1, 0.15) is 26.2 Å². The highest BCUT2D eigenvalue weighted by Gasteiger charge is 2.50. The normalized spacial score (nSPS) is 51.6. The van der Waals surface area contributed by atoms with Crippen LogP contribution in [0.3, 0.4) is 0 Å². The largest absolute Gasteiger partial charge is 0.388 e. The molecular formula is C19H38N4O8. The molecule has 2 saturated heterocycles. The zero-order chi connectivity index (χ0) is 22.9. The minimum Gasteiger partial charge on any atom is -0.388 e. The summed E-state index contributed by atoms with van der Waals surface area (Å²) >= 11 is 0. The third kappa shape index (κ3) is 5.37. The highest BCUT2D eigenvalue weighted by molar-refractivity contribution is 5.01. The molecule has 1 aliphatic carbocycles. The van der Waals surface area contributed by atoms with Crippen molar-refractivity contribution in [3.63, 3.8) is 0 Å². The van der Waals surface area contributed by atoms with E-state index in [9.17, 15) is 20.4 Å². The Hall–Kier alpha value is -0.480. The summed E-state index contributed by atoms with van der Waals surface area (Å²) in [6.07, 6.45) is -6.27. The van der Waals surface area contributed by atoms with Crippen LogP contribution < -0.4 is 22.5 Å². The highest BCUT2D eigenvalue weighted by Crippen LogP contribution is 2.31. The quantitative estimate of drug-likeness (QED) is 0.195. The van der Waals surface area contributed by atoms with E-state index in [0.29, 0.717) is 12.8 Å². The van der Waals surface area contributed by atoms with E-state index in [2.05, 4.69) is 5.32 Å². The zero-order valence-electron chi connectivity index (χ0n) is 18.0. The number of hydrogen-bond donors (Lipinski definition) is 8. The Balaban J connectivity index is 1.68. The van der Waals surface area contributed by atoms with Gasteiger partial charge in [0.1, 0.15) is 36.1 Å². The van der Waals surface area contributed by atoms with Crippen LogP contribution in [0, 0.1) is 0 Å². The van der Waals surface area contributed by atoms with Crippen LogP contribution >= 0.6 is 0 Å². The maximum Gasteiger partial charge on any atom is 0.185 e. The molecule has 12 atom stereocenters. The summed E-state index contributed by atoms with van der Waals surface area (Å²) in [5, 5.41) is 45.1. The summed E-state index contributed by atoms with van der Waals surface area (Å²) in [4.78, 5) is 0. The van der Waals surface area contributed by atoms with Crippen molar-refractivity contribution in [2.24, 2.45) is 17.2 Å². The molecule has 3 rings (SSSR count). The number of likely N-dealkylation sites (N-methyl/N-ethyl adjacent to an activating group) is 1. The summed E-state index contributed by atoms with van der Waals surface area (Å²) in [5.41, 5.74) is 16.7. The fourth-order valence-electron chi connectivity index (χ4n) is 4.65. The molecule has 2 heterocycles. The van der Waals surface area contributed by atoms with Crippen LogP contribution in [0.2, 0.25) is 0 Å². The maximum absolute atomic E-state index is 11.0. The number of hydrogen-bond acceptors (Lipinski definition) is 12. The van der Waals surface area contributed by atoms with Crippen molar-refractivity contribution in [1.82, 2.24) is 5.32 Å². The van der Waals surface area contributed by atoms with Crippen molar-refractivity contribution in [1.29, 1.82) is 0 Å². The van der Waals surface area contributed by atoms with E-state index in [1.807, 2.05) is 0 Å². The third-order valence-corrected chi connectivity index (χ3v) is 6.47. The van der Waals surface area contributed by atoms with Crippen molar-refractivity contribution in [3.05, 3.63) is 0 Å². The molecule has 3 fully saturated rings. The van der Waals surface area contributed by atoms with Gasteiger partial charge in [-0.2, -0.15) is 0 Å². The summed E-state index contributed by atoms with van der Waals surface area (Å²) in [7, 11) is 1.61. The average molecular weight is 451 g/mol. The van der Waals surface area contributed by atoms with Crippen LogP contribution in [0.25, 0.3) is 0 Å². The molecule has 3 aliphatic rings. The minimum absolute atomic E-state index is 0.0830. The van der Waals surface area contributed by atoms with Crippen molar-refractivity contribution in [2.75, 3.05) is 20.2 Å². The SMILES string of the molecule is CNC1C(O)C(OC2C(N)CC(N)C(OC3OC(CN)CCC3O)C2O)OCC1(C)O. The molecule has 1 saturated carbocycles. The number of nitrogens with two attached hydrogens (primary N) is 3. The summed E-state index contributed by atoms with van der Waals surface area (Å²) < 4.78 is 23.0. The molecule has 182 valence electrons. The summed E-state index contributed by atoms with van der Waals surface area (Å²) in [6, 6.07) is -1.98. The number of aliphatic hydroxyl groups excluding tert-OH is 3. The number of aliphatic hydroxyl groups is 4. The van der Waals surface area contributed by atoms with E-state index in [1.54, 1.807) is 14.0 Å². The first kappa shape index (κ1) is 25.1. The van der Waals surface area contributed by atoms with E-state index in [-0.39, 0.29) is 25.7 Å². The van der Waals surface area contributed by atoms with Gasteiger partial charge in [-0.25, -0.2) is 0 Å². The van der Waals surface area contributed by atoms with E-state index in [1.165, 1.54) is 0 Å². The molecule has 11 N–H and O–H groups in total. The van der Waals surface area contributed by atoms with Crippen molar-refractivity contribution in [2.45, 2.75) is 99.1 Å². The lowest BCUT2D eigenvalue weighted by atomic mass is 9.84. The van der Waals surface area contributed by atoms with E-state index < -0.39 is 66.8 Å². The zero-order valence-corrected chi connectivity index (χ0v) is 18.0. The van der Waals surface area contributed by atoms with Gasteiger partial charge in [0.2, 0.25) is 0 Å². The highest BCUT2D eigenvalue weighted by atomic mass is 16.7. The van der Waals surface area contributed by atoms with Gasteiger partial charge in [0, 0.05) is 18.6 Å². The van der Waals surface area contributed by atoms with Crippen LogP contribution in [0.4, 0.5) is 0 Å². The lowest BCUT2D eigenvalue weighted by Gasteiger charge is -2.48. The van der Waals surface area contributed by atoms with Gasteiger partial charge in [-0.15, -0.1) is 0 Å².